The van der Waals surface area contributed by atoms with Crippen molar-refractivity contribution in [3.8, 4) is 0 Å². The number of nitrogens with zero attached hydrogens (tertiary/aromatic N) is 1. The normalized spacial score (nSPS) is 12.0. The average molecular weight is 210 g/mol. The van der Waals surface area contributed by atoms with Crippen molar-refractivity contribution < 1.29 is 5.11 Å². The number of aryl methyl sites for hydroxylation is 1. The molecule has 15 heavy (non-hydrogen) atoms. The van der Waals surface area contributed by atoms with Gasteiger partial charge in [0.25, 0.3) is 0 Å². The minimum atomic E-state index is -0.550. The van der Waals surface area contributed by atoms with Crippen LogP contribution in [0.3, 0.4) is 0 Å². The van der Waals surface area contributed by atoms with Gasteiger partial charge in [-0.05, 0) is 25.0 Å². The van der Waals surface area contributed by atoms with Crippen molar-refractivity contribution in [3.63, 3.8) is 0 Å². The SMILES string of the molecule is CCC(O)(CC)CNCc1cccn1C. The van der Waals surface area contributed by atoms with Gasteiger partial charge in [-0.25, -0.2) is 0 Å². The second kappa shape index (κ2) is 5.33. The highest BCUT2D eigenvalue weighted by Crippen LogP contribution is 2.13. The van der Waals surface area contributed by atoms with E-state index < -0.39 is 5.60 Å². The predicted molar refractivity (Wildman–Crippen MR) is 62.7 cm³/mol. The molecule has 1 aromatic heterocycles. The average Bonchev–Trinajstić information content (AvgIpc) is 2.64. The Balaban J connectivity index is 2.36. The summed E-state index contributed by atoms with van der Waals surface area (Å²) in [5.41, 5.74) is 0.690. The largest absolute Gasteiger partial charge is 0.389 e. The Morgan fingerprint density at radius 3 is 2.53 bits per heavy atom. The second-order valence-corrected chi connectivity index (χ2v) is 4.15. The van der Waals surface area contributed by atoms with Crippen molar-refractivity contribution in [2.75, 3.05) is 6.54 Å². The minimum Gasteiger partial charge on any atom is -0.389 e. The summed E-state index contributed by atoms with van der Waals surface area (Å²) in [6.07, 6.45) is 3.62. The molecule has 0 saturated heterocycles. The van der Waals surface area contributed by atoms with Crippen LogP contribution in [0.5, 0.6) is 0 Å². The van der Waals surface area contributed by atoms with Crippen molar-refractivity contribution in [3.05, 3.63) is 24.0 Å². The molecule has 0 aliphatic carbocycles. The third kappa shape index (κ3) is 3.36. The van der Waals surface area contributed by atoms with Crippen molar-refractivity contribution in [2.24, 2.45) is 7.05 Å². The quantitative estimate of drug-likeness (QED) is 0.749. The molecule has 0 radical (unpaired) electrons. The third-order valence-corrected chi connectivity index (χ3v) is 3.13. The Kier molecular flexibility index (Phi) is 4.36. The van der Waals surface area contributed by atoms with Gasteiger partial charge in [0.15, 0.2) is 0 Å². The summed E-state index contributed by atoms with van der Waals surface area (Å²) in [5.74, 6) is 0. The van der Waals surface area contributed by atoms with Gasteiger partial charge < -0.3 is 15.0 Å². The number of hydrogen-bond acceptors (Lipinski definition) is 2. The van der Waals surface area contributed by atoms with Gasteiger partial charge >= 0.3 is 0 Å². The zero-order chi connectivity index (χ0) is 11.3. The summed E-state index contributed by atoms with van der Waals surface area (Å²) < 4.78 is 2.09. The lowest BCUT2D eigenvalue weighted by Gasteiger charge is -2.25. The van der Waals surface area contributed by atoms with Crippen molar-refractivity contribution in [2.45, 2.75) is 38.8 Å². The van der Waals surface area contributed by atoms with Gasteiger partial charge in [-0.15, -0.1) is 0 Å². The monoisotopic (exact) mass is 210 g/mol. The number of aromatic nitrogens is 1. The van der Waals surface area contributed by atoms with Crippen LogP contribution in [0.1, 0.15) is 32.4 Å². The number of rotatable bonds is 6. The van der Waals surface area contributed by atoms with Crippen molar-refractivity contribution in [1.82, 2.24) is 9.88 Å². The van der Waals surface area contributed by atoms with E-state index >= 15 is 0 Å². The van der Waals surface area contributed by atoms with Gasteiger partial charge in [0, 0.05) is 32.0 Å². The van der Waals surface area contributed by atoms with Crippen LogP contribution in [0.15, 0.2) is 18.3 Å². The van der Waals surface area contributed by atoms with Crippen LogP contribution in [0.4, 0.5) is 0 Å². The lowest BCUT2D eigenvalue weighted by Crippen LogP contribution is -2.39. The predicted octanol–water partition coefficient (Wildman–Crippen LogP) is 1.67. The van der Waals surface area contributed by atoms with E-state index in [1.54, 1.807) is 0 Å². The van der Waals surface area contributed by atoms with Crippen molar-refractivity contribution >= 4 is 0 Å². The molecule has 3 nitrogen and oxygen atoms in total. The molecule has 1 aromatic rings. The van der Waals surface area contributed by atoms with Gasteiger partial charge in [0.1, 0.15) is 0 Å². The molecule has 2 N–H and O–H groups in total. The number of aliphatic hydroxyl groups is 1. The maximum Gasteiger partial charge on any atom is 0.0766 e. The van der Waals surface area contributed by atoms with Gasteiger partial charge in [-0.3, -0.25) is 0 Å². The van der Waals surface area contributed by atoms with Crippen LogP contribution >= 0.6 is 0 Å². The summed E-state index contributed by atoms with van der Waals surface area (Å²) >= 11 is 0. The molecule has 0 aliphatic heterocycles. The first-order valence-electron chi connectivity index (χ1n) is 5.64. The molecule has 86 valence electrons. The first-order chi connectivity index (χ1) is 7.11. The summed E-state index contributed by atoms with van der Waals surface area (Å²) in [7, 11) is 2.03. The fourth-order valence-electron chi connectivity index (χ4n) is 1.60. The summed E-state index contributed by atoms with van der Waals surface area (Å²) in [6.45, 7) is 5.51. The van der Waals surface area contributed by atoms with Crippen LogP contribution in [-0.2, 0) is 13.6 Å². The maximum atomic E-state index is 10.1. The lowest BCUT2D eigenvalue weighted by molar-refractivity contribution is 0.0322. The van der Waals surface area contributed by atoms with E-state index in [2.05, 4.69) is 16.0 Å². The molecule has 0 bridgehead atoms. The Bertz CT molecular complexity index is 290. The number of nitrogens with one attached hydrogen (secondary N) is 1. The lowest BCUT2D eigenvalue weighted by atomic mass is 9.98. The van der Waals surface area contributed by atoms with Crippen LogP contribution in [0.25, 0.3) is 0 Å². The molecule has 0 spiro atoms. The third-order valence-electron chi connectivity index (χ3n) is 3.13. The summed E-state index contributed by atoms with van der Waals surface area (Å²) in [5, 5.41) is 13.4. The Morgan fingerprint density at radius 1 is 1.40 bits per heavy atom. The second-order valence-electron chi connectivity index (χ2n) is 4.15. The molecular formula is C12H22N2O. The maximum absolute atomic E-state index is 10.1. The minimum absolute atomic E-state index is 0.550. The van der Waals surface area contributed by atoms with Gasteiger partial charge in [-0.1, -0.05) is 13.8 Å². The van der Waals surface area contributed by atoms with E-state index in [1.165, 1.54) is 5.69 Å². The molecule has 0 fully saturated rings. The number of hydrogen-bond donors (Lipinski definition) is 2. The smallest absolute Gasteiger partial charge is 0.0766 e. The fourth-order valence-corrected chi connectivity index (χ4v) is 1.60. The first-order valence-corrected chi connectivity index (χ1v) is 5.64. The fraction of sp³-hybridized carbons (Fsp3) is 0.667. The highest BCUT2D eigenvalue weighted by atomic mass is 16.3. The van der Waals surface area contributed by atoms with Gasteiger partial charge in [0.2, 0.25) is 0 Å². The molecule has 1 rings (SSSR count). The highest BCUT2D eigenvalue weighted by molar-refractivity contribution is 5.06. The topological polar surface area (TPSA) is 37.2 Å². The van der Waals surface area contributed by atoms with Gasteiger partial charge in [0.05, 0.1) is 5.60 Å². The molecule has 0 saturated carbocycles. The molecule has 3 heteroatoms. The summed E-state index contributed by atoms with van der Waals surface area (Å²) in [4.78, 5) is 0. The van der Waals surface area contributed by atoms with E-state index in [-0.39, 0.29) is 0 Å². The molecule has 1 heterocycles. The zero-order valence-corrected chi connectivity index (χ0v) is 9.95. The van der Waals surface area contributed by atoms with Gasteiger partial charge in [-0.2, -0.15) is 0 Å². The molecule has 0 atom stereocenters. The van der Waals surface area contributed by atoms with E-state index in [0.29, 0.717) is 6.54 Å². The van der Waals surface area contributed by atoms with E-state index in [1.807, 2.05) is 33.2 Å². The Hall–Kier alpha value is -0.800. The molecular weight excluding hydrogens is 188 g/mol. The molecule has 0 aromatic carbocycles. The van der Waals surface area contributed by atoms with Crippen molar-refractivity contribution in [1.29, 1.82) is 0 Å². The highest BCUT2D eigenvalue weighted by Gasteiger charge is 2.21. The molecule has 0 amide bonds. The Morgan fingerprint density at radius 2 is 2.07 bits per heavy atom. The Labute approximate surface area is 92.1 Å². The summed E-state index contributed by atoms with van der Waals surface area (Å²) in [6, 6.07) is 4.12. The van der Waals surface area contributed by atoms with E-state index in [4.69, 9.17) is 0 Å². The standard InChI is InChI=1S/C12H22N2O/c1-4-12(15,5-2)10-13-9-11-7-6-8-14(11)3/h6-8,13,15H,4-5,9-10H2,1-3H3. The first kappa shape index (κ1) is 12.3. The zero-order valence-electron chi connectivity index (χ0n) is 9.95. The molecule has 0 unspecified atom stereocenters. The van der Waals surface area contributed by atoms with Crippen LogP contribution in [-0.4, -0.2) is 21.8 Å². The van der Waals surface area contributed by atoms with Crippen LogP contribution in [0, 0.1) is 0 Å². The van der Waals surface area contributed by atoms with E-state index in [9.17, 15) is 5.11 Å². The van der Waals surface area contributed by atoms with Crippen LogP contribution in [0.2, 0.25) is 0 Å². The van der Waals surface area contributed by atoms with Crippen LogP contribution < -0.4 is 5.32 Å². The van der Waals surface area contributed by atoms with E-state index in [0.717, 1.165) is 19.4 Å². The molecule has 0 aliphatic rings.